The Morgan fingerprint density at radius 2 is 2.06 bits per heavy atom. The minimum absolute atomic E-state index is 0. The number of hydrogen-bond acceptors (Lipinski definition) is 3. The molecule has 17 heavy (non-hydrogen) atoms. The summed E-state index contributed by atoms with van der Waals surface area (Å²) in [4.78, 5) is 4.07. The van der Waals surface area contributed by atoms with Crippen molar-refractivity contribution in [1.29, 1.82) is 0 Å². The van der Waals surface area contributed by atoms with Crippen LogP contribution in [0, 0.1) is 0 Å². The summed E-state index contributed by atoms with van der Waals surface area (Å²) in [7, 11) is 1.47. The zero-order valence-electron chi connectivity index (χ0n) is 9.25. The molecule has 0 saturated heterocycles. The number of aromatic nitrogens is 2. The van der Waals surface area contributed by atoms with Crippen molar-refractivity contribution in [3.8, 4) is 11.1 Å². The second-order valence-electron chi connectivity index (χ2n) is 3.15. The number of rotatable bonds is 2. The molecule has 2 aromatic rings. The minimum atomic E-state index is 0. The molecule has 0 atom stereocenters. The minimum Gasteiger partial charge on any atom is -0.468 e. The third-order valence-electron chi connectivity index (χ3n) is 2.14. The number of nitrogens with zero attached hydrogens (tertiary/aromatic N) is 2. The van der Waals surface area contributed by atoms with Gasteiger partial charge in [-0.3, -0.25) is 5.10 Å². The molecule has 1 aromatic carbocycles. The van der Waals surface area contributed by atoms with Gasteiger partial charge >= 0.3 is 0 Å². The first kappa shape index (κ1) is 13.5. The Morgan fingerprint density at radius 1 is 1.35 bits per heavy atom. The summed E-state index contributed by atoms with van der Waals surface area (Å²) >= 11 is 0. The average molecular weight is 344 g/mol. The van der Waals surface area contributed by atoms with Crippen molar-refractivity contribution in [3.63, 3.8) is 0 Å². The molecule has 1 aromatic heterocycles. The fraction of sp³-hybridized carbons (Fsp3) is 0.0909. The average Bonchev–Trinajstić information content (AvgIpc) is 2.78. The molecule has 0 aliphatic carbocycles. The maximum Gasteiger partial charge on any atom is 0.288 e. The van der Waals surface area contributed by atoms with Crippen LogP contribution in [0.5, 0.6) is 0 Å². The molecule has 6 heteroatoms. The van der Waals surface area contributed by atoms with Gasteiger partial charge in [-0.2, -0.15) is 10.1 Å². The largest absolute Gasteiger partial charge is 0.468 e. The van der Waals surface area contributed by atoms with Gasteiger partial charge in [0.2, 0.25) is 0 Å². The number of aliphatic imine (C=N–C) groups is 1. The van der Waals surface area contributed by atoms with Crippen molar-refractivity contribution < 1.29 is 4.74 Å². The summed E-state index contributed by atoms with van der Waals surface area (Å²) in [5, 5.41) is 6.71. The van der Waals surface area contributed by atoms with E-state index in [2.05, 4.69) is 15.2 Å². The number of nitrogens with two attached hydrogens (primary N) is 1. The normalized spacial score (nSPS) is 10.8. The molecule has 2 rings (SSSR count). The lowest BCUT2D eigenvalue weighted by atomic mass is 10.1. The third kappa shape index (κ3) is 3.19. The number of H-pyrrole nitrogens is 1. The van der Waals surface area contributed by atoms with Gasteiger partial charge in [-0.1, -0.05) is 30.3 Å². The van der Waals surface area contributed by atoms with E-state index in [4.69, 9.17) is 10.5 Å². The van der Waals surface area contributed by atoms with Crippen molar-refractivity contribution in [2.75, 3.05) is 7.11 Å². The Balaban J connectivity index is 0.00000144. The van der Waals surface area contributed by atoms with Gasteiger partial charge in [0.05, 0.1) is 13.3 Å². The predicted molar refractivity (Wildman–Crippen MR) is 77.7 cm³/mol. The molecule has 0 fully saturated rings. The summed E-state index contributed by atoms with van der Waals surface area (Å²) in [6.07, 6.45) is 1.71. The first-order valence-corrected chi connectivity index (χ1v) is 4.78. The van der Waals surface area contributed by atoms with Crippen LogP contribution in [0.4, 0.5) is 5.82 Å². The van der Waals surface area contributed by atoms with Gasteiger partial charge in [-0.15, -0.1) is 24.0 Å². The van der Waals surface area contributed by atoms with Gasteiger partial charge in [-0.05, 0) is 5.56 Å². The Morgan fingerprint density at radius 3 is 2.71 bits per heavy atom. The smallest absolute Gasteiger partial charge is 0.288 e. The number of benzene rings is 1. The first-order chi connectivity index (χ1) is 7.81. The lowest BCUT2D eigenvalue weighted by Gasteiger charge is -2.00. The summed E-state index contributed by atoms with van der Waals surface area (Å²) in [5.41, 5.74) is 7.41. The number of aromatic amines is 1. The molecule has 3 N–H and O–H groups in total. The molecule has 0 bridgehead atoms. The standard InChI is InChI=1S/C11H12N4O.HI/c1-16-11(12)14-10-9(7-13-15-10)8-5-3-2-4-6-8;/h2-7H,1H3,(H3,12,13,14,15);1H. The van der Waals surface area contributed by atoms with Crippen molar-refractivity contribution in [2.24, 2.45) is 10.7 Å². The van der Waals surface area contributed by atoms with E-state index in [1.807, 2.05) is 30.3 Å². The van der Waals surface area contributed by atoms with Crippen molar-refractivity contribution >= 4 is 35.8 Å². The van der Waals surface area contributed by atoms with Crippen LogP contribution >= 0.6 is 24.0 Å². The second-order valence-corrected chi connectivity index (χ2v) is 3.15. The molecule has 0 spiro atoms. The monoisotopic (exact) mass is 344 g/mol. The van der Waals surface area contributed by atoms with E-state index >= 15 is 0 Å². The van der Waals surface area contributed by atoms with E-state index in [1.54, 1.807) is 6.20 Å². The van der Waals surface area contributed by atoms with Gasteiger partial charge in [-0.25, -0.2) is 0 Å². The van der Waals surface area contributed by atoms with Gasteiger partial charge in [0, 0.05) is 5.56 Å². The summed E-state index contributed by atoms with van der Waals surface area (Å²) in [5.74, 6) is 0.588. The van der Waals surface area contributed by atoms with E-state index in [0.29, 0.717) is 5.82 Å². The van der Waals surface area contributed by atoms with Gasteiger partial charge in [0.15, 0.2) is 5.82 Å². The van der Waals surface area contributed by atoms with E-state index in [-0.39, 0.29) is 30.0 Å². The Labute approximate surface area is 116 Å². The van der Waals surface area contributed by atoms with E-state index in [9.17, 15) is 0 Å². The van der Waals surface area contributed by atoms with Crippen LogP contribution < -0.4 is 5.73 Å². The first-order valence-electron chi connectivity index (χ1n) is 4.78. The Bertz CT molecular complexity index is 495. The van der Waals surface area contributed by atoms with Crippen LogP contribution in [0.15, 0.2) is 41.5 Å². The fourth-order valence-electron chi connectivity index (χ4n) is 1.35. The summed E-state index contributed by atoms with van der Waals surface area (Å²) in [6.45, 7) is 0. The highest BCUT2D eigenvalue weighted by Crippen LogP contribution is 2.27. The van der Waals surface area contributed by atoms with Crippen LogP contribution in [0.3, 0.4) is 0 Å². The molecule has 0 aliphatic rings. The maximum absolute atomic E-state index is 5.49. The summed E-state index contributed by atoms with van der Waals surface area (Å²) < 4.78 is 4.79. The van der Waals surface area contributed by atoms with Crippen LogP contribution in [0.25, 0.3) is 11.1 Å². The second kappa shape index (κ2) is 6.24. The molecule has 0 aliphatic heterocycles. The highest BCUT2D eigenvalue weighted by atomic mass is 127. The molecule has 0 saturated carbocycles. The zero-order chi connectivity index (χ0) is 11.4. The van der Waals surface area contributed by atoms with Crippen molar-refractivity contribution in [3.05, 3.63) is 36.5 Å². The molecule has 90 valence electrons. The van der Waals surface area contributed by atoms with Gasteiger partial charge in [0.25, 0.3) is 6.02 Å². The Kier molecular flexibility index (Phi) is 4.95. The maximum atomic E-state index is 5.49. The van der Waals surface area contributed by atoms with Crippen molar-refractivity contribution in [1.82, 2.24) is 10.2 Å². The molecular weight excluding hydrogens is 331 g/mol. The van der Waals surface area contributed by atoms with Crippen LogP contribution in [-0.4, -0.2) is 23.3 Å². The number of amidine groups is 1. The van der Waals surface area contributed by atoms with Gasteiger partial charge in [0.1, 0.15) is 0 Å². The molecule has 1 heterocycles. The van der Waals surface area contributed by atoms with Crippen molar-refractivity contribution in [2.45, 2.75) is 0 Å². The lowest BCUT2D eigenvalue weighted by Crippen LogP contribution is -2.12. The molecule has 0 radical (unpaired) electrons. The summed E-state index contributed by atoms with van der Waals surface area (Å²) in [6, 6.07) is 9.92. The highest BCUT2D eigenvalue weighted by molar-refractivity contribution is 14.0. The quantitative estimate of drug-likeness (QED) is 0.499. The number of methoxy groups -OCH3 is 1. The van der Waals surface area contributed by atoms with Crippen LogP contribution in [-0.2, 0) is 4.74 Å². The molecular formula is C11H13IN4O. The van der Waals surface area contributed by atoms with Crippen LogP contribution in [0.1, 0.15) is 0 Å². The SMILES string of the molecule is CO/C(N)=N\c1[nH]ncc1-c1ccccc1.I. The number of halogens is 1. The third-order valence-corrected chi connectivity index (χ3v) is 2.14. The predicted octanol–water partition coefficient (Wildman–Crippen LogP) is 2.29. The molecule has 0 amide bonds. The Hall–Kier alpha value is -1.57. The van der Waals surface area contributed by atoms with E-state index < -0.39 is 0 Å². The zero-order valence-corrected chi connectivity index (χ0v) is 11.6. The number of ether oxygens (including phenoxy) is 1. The van der Waals surface area contributed by atoms with Gasteiger partial charge < -0.3 is 10.5 Å². The highest BCUT2D eigenvalue weighted by Gasteiger charge is 2.06. The number of nitrogens with one attached hydrogen (secondary N) is 1. The molecule has 0 unspecified atom stereocenters. The molecule has 5 nitrogen and oxygen atoms in total. The van der Waals surface area contributed by atoms with Crippen LogP contribution in [0.2, 0.25) is 0 Å². The van der Waals surface area contributed by atoms with E-state index in [0.717, 1.165) is 11.1 Å². The fourth-order valence-corrected chi connectivity index (χ4v) is 1.35. The van der Waals surface area contributed by atoms with E-state index in [1.165, 1.54) is 7.11 Å². The topological polar surface area (TPSA) is 76.3 Å². The lowest BCUT2D eigenvalue weighted by molar-refractivity contribution is 0.397. The number of hydrogen-bond donors (Lipinski definition) is 2.